The number of aliphatic hydroxyl groups is 3. The van der Waals surface area contributed by atoms with E-state index in [-0.39, 0.29) is 104 Å². The van der Waals surface area contributed by atoms with Crippen LogP contribution in [0.25, 0.3) is 32.8 Å². The minimum absolute atomic E-state index is 0.0524. The van der Waals surface area contributed by atoms with Crippen LogP contribution in [-0.2, 0) is 30.1 Å². The fraction of sp³-hybridized carbons (Fsp3) is 0.228. The Balaban J connectivity index is 0.000000151. The minimum Gasteiger partial charge on any atom is -0.393 e. The van der Waals surface area contributed by atoms with E-state index in [1.54, 1.807) is 13.0 Å². The number of carbonyl (C=O) groups excluding carboxylic acids is 3. The van der Waals surface area contributed by atoms with Crippen LogP contribution in [0.15, 0.2) is 118 Å². The first kappa shape index (κ1) is 66.1. The highest BCUT2D eigenvalue weighted by atomic mass is 32.2. The number of anilines is 3. The lowest BCUT2D eigenvalue weighted by Gasteiger charge is -2.34. The second-order valence-corrected chi connectivity index (χ2v) is 27.1. The number of halogens is 10. The molecule has 3 saturated heterocycles. The van der Waals surface area contributed by atoms with E-state index < -0.39 is 138 Å². The standard InChI is InChI=1S/C20H19F3N4O4S.C19H15F4N3O4S.C18H14F3N3O4S/c1-10-8-27(3-2-17(10)28)32(30,31)12-6-13(19-16(7-12)24-9-25-19)20(29)26-11-4-14(21)18(23)15(22)5-11;20-13-4-10(5-14(21)17(13)23)25-19(28)12-6-11(3-9-1-2-24-18(9)12)31(29,30)26-7-15(22)16(27)8-26;19-14-4-10(5-15(20)16(14)21)23-18(26)13-6-12(3-9-1-2-22-17(9)13)29(27,28)24-7-11(25)8-24/h4-7,9-10,17,28H,2-3,8H2,1H3,(H,24,25)(H,26,29);1-6,15-16,24,27H,7-8H2,(H,25,28);1-6,11,22,25H,7-8H2,(H,23,26). The maximum absolute atomic E-state index is 13.6. The van der Waals surface area contributed by atoms with Crippen molar-refractivity contribution in [2.45, 2.75) is 52.5 Å². The molecule has 3 fully saturated rings. The Morgan fingerprint density at radius 1 is 0.500 bits per heavy atom. The lowest BCUT2D eigenvalue weighted by Crippen LogP contribution is -2.53. The second kappa shape index (κ2) is 25.7. The number of aromatic amines is 3. The number of aromatic nitrogens is 4. The topological polar surface area (TPSA) is 320 Å². The summed E-state index contributed by atoms with van der Waals surface area (Å²) in [6, 6.07) is 13.9. The molecule has 22 nitrogen and oxygen atoms in total. The molecule has 3 amide bonds. The van der Waals surface area contributed by atoms with E-state index in [0.717, 1.165) is 26.8 Å². The molecule has 0 radical (unpaired) electrons. The first-order valence-corrected chi connectivity index (χ1v) is 31.4. The molecule has 6 aromatic carbocycles. The molecule has 35 heteroatoms. The van der Waals surface area contributed by atoms with Crippen LogP contribution in [-0.4, -0.2) is 155 Å². The van der Waals surface area contributed by atoms with Crippen LogP contribution >= 0.6 is 0 Å². The molecule has 9 N–H and O–H groups in total. The molecule has 0 bridgehead atoms. The lowest BCUT2D eigenvalue weighted by molar-refractivity contribution is 0.0548. The van der Waals surface area contributed by atoms with Crippen molar-refractivity contribution >= 4 is 97.7 Å². The average Bonchev–Trinajstić information content (AvgIpc) is 1.36. The molecular weight excluding hydrogens is 1300 g/mol. The second-order valence-electron chi connectivity index (χ2n) is 21.3. The average molecular weight is 1350 g/mol. The zero-order valence-corrected chi connectivity index (χ0v) is 49.4. The number of aliphatic hydroxyl groups excluding tert-OH is 3. The molecule has 92 heavy (non-hydrogen) atoms. The molecule has 3 aliphatic rings. The molecule has 3 aliphatic heterocycles. The molecule has 4 atom stereocenters. The van der Waals surface area contributed by atoms with Gasteiger partial charge in [-0.2, -0.15) is 12.9 Å². The summed E-state index contributed by atoms with van der Waals surface area (Å²) < 4.78 is 215. The Morgan fingerprint density at radius 3 is 1.29 bits per heavy atom. The van der Waals surface area contributed by atoms with E-state index in [4.69, 9.17) is 0 Å². The summed E-state index contributed by atoms with van der Waals surface area (Å²) in [5, 5.41) is 36.3. The molecule has 3 aromatic heterocycles. The fourth-order valence-electron chi connectivity index (χ4n) is 10.1. The Hall–Kier alpha value is -8.81. The number of nitrogens with zero attached hydrogens (tertiary/aromatic N) is 4. The summed E-state index contributed by atoms with van der Waals surface area (Å²) in [4.78, 5) is 50.0. The van der Waals surface area contributed by atoms with Crippen molar-refractivity contribution < 1.29 is 98.9 Å². The number of rotatable bonds is 12. The molecular formula is C57H48F10N10O12S3. The normalized spacial score (nSPS) is 18.5. The molecule has 0 saturated carbocycles. The van der Waals surface area contributed by atoms with Crippen molar-refractivity contribution in [2.24, 2.45) is 5.92 Å². The van der Waals surface area contributed by atoms with E-state index in [0.29, 0.717) is 52.7 Å². The van der Waals surface area contributed by atoms with Crippen molar-refractivity contribution in [1.29, 1.82) is 0 Å². The fourth-order valence-corrected chi connectivity index (χ4v) is 14.8. The molecule has 0 aliphatic carbocycles. The largest absolute Gasteiger partial charge is 0.393 e. The van der Waals surface area contributed by atoms with Gasteiger partial charge in [0.2, 0.25) is 30.1 Å². The van der Waals surface area contributed by atoms with Crippen LogP contribution in [0.3, 0.4) is 0 Å². The van der Waals surface area contributed by atoms with Crippen molar-refractivity contribution in [3.05, 3.63) is 173 Å². The minimum atomic E-state index is -4.25. The number of imidazole rings is 1. The van der Waals surface area contributed by atoms with Crippen LogP contribution in [0.5, 0.6) is 0 Å². The summed E-state index contributed by atoms with van der Waals surface area (Å²) in [5.74, 6) is -16.9. The summed E-state index contributed by atoms with van der Waals surface area (Å²) in [6.07, 6.45) is -0.0417. The Labute approximate surface area is 513 Å². The highest BCUT2D eigenvalue weighted by Gasteiger charge is 2.40. The van der Waals surface area contributed by atoms with Gasteiger partial charge in [-0.1, -0.05) is 6.92 Å². The van der Waals surface area contributed by atoms with Crippen LogP contribution in [0, 0.1) is 58.3 Å². The van der Waals surface area contributed by atoms with Gasteiger partial charge in [-0.25, -0.2) is 74.1 Å². The number of β-amino-alcohol motifs (C(OH)–C–C–N with tert-alkyl or cyclic N) is 2. The van der Waals surface area contributed by atoms with Gasteiger partial charge in [0.05, 0.1) is 66.5 Å². The Morgan fingerprint density at radius 2 is 0.891 bits per heavy atom. The van der Waals surface area contributed by atoms with E-state index in [9.17, 15) is 98.9 Å². The molecule has 9 aromatic rings. The molecule has 4 unspecified atom stereocenters. The third kappa shape index (κ3) is 13.3. The highest BCUT2D eigenvalue weighted by Crippen LogP contribution is 2.33. The van der Waals surface area contributed by atoms with Gasteiger partial charge in [0, 0.05) is 116 Å². The predicted octanol–water partition coefficient (Wildman–Crippen LogP) is 7.37. The number of carbonyl (C=O) groups is 3. The molecule has 6 heterocycles. The number of benzene rings is 6. The first-order valence-electron chi connectivity index (χ1n) is 27.1. The summed E-state index contributed by atoms with van der Waals surface area (Å²) >= 11 is 0. The van der Waals surface area contributed by atoms with Gasteiger partial charge in [-0.15, -0.1) is 0 Å². The van der Waals surface area contributed by atoms with Crippen LogP contribution in [0.2, 0.25) is 0 Å². The van der Waals surface area contributed by atoms with Gasteiger partial charge in [-0.05, 0) is 60.9 Å². The number of nitrogens with one attached hydrogen (secondary N) is 6. The van der Waals surface area contributed by atoms with Gasteiger partial charge < -0.3 is 46.2 Å². The van der Waals surface area contributed by atoms with Crippen LogP contribution in [0.1, 0.15) is 44.4 Å². The summed E-state index contributed by atoms with van der Waals surface area (Å²) in [5.41, 5.74) is -0.510. The van der Waals surface area contributed by atoms with E-state index in [2.05, 4.69) is 35.9 Å². The monoisotopic (exact) mass is 1350 g/mol. The van der Waals surface area contributed by atoms with Gasteiger partial charge in [0.1, 0.15) is 17.8 Å². The zero-order chi connectivity index (χ0) is 66.6. The Bertz CT molecular complexity index is 4710. The Kier molecular flexibility index (Phi) is 18.5. The van der Waals surface area contributed by atoms with Crippen molar-refractivity contribution in [2.75, 3.05) is 55.2 Å². The smallest absolute Gasteiger partial charge is 0.257 e. The highest BCUT2D eigenvalue weighted by molar-refractivity contribution is 7.89. The maximum atomic E-state index is 13.6. The van der Waals surface area contributed by atoms with Crippen molar-refractivity contribution in [1.82, 2.24) is 32.9 Å². The molecule has 486 valence electrons. The molecule has 12 rings (SSSR count). The van der Waals surface area contributed by atoms with Gasteiger partial charge in [-0.3, -0.25) is 14.4 Å². The molecule has 0 spiro atoms. The van der Waals surface area contributed by atoms with Crippen LogP contribution in [0.4, 0.5) is 61.0 Å². The summed E-state index contributed by atoms with van der Waals surface area (Å²) in [6.45, 7) is 0.885. The third-order valence-corrected chi connectivity index (χ3v) is 20.4. The number of hydrogen-bond donors (Lipinski definition) is 9. The maximum Gasteiger partial charge on any atom is 0.257 e. The lowest BCUT2D eigenvalue weighted by atomic mass is 9.99. The quantitative estimate of drug-likeness (QED) is 0.0427. The predicted molar refractivity (Wildman–Crippen MR) is 308 cm³/mol. The van der Waals surface area contributed by atoms with Gasteiger partial charge in [0.25, 0.3) is 17.7 Å². The number of sulfonamides is 3. The van der Waals surface area contributed by atoms with Crippen LogP contribution < -0.4 is 16.0 Å². The van der Waals surface area contributed by atoms with Gasteiger partial charge >= 0.3 is 0 Å². The number of fused-ring (bicyclic) bond motifs is 3. The van der Waals surface area contributed by atoms with E-state index in [1.807, 2.05) is 0 Å². The number of alkyl halides is 1. The van der Waals surface area contributed by atoms with Crippen molar-refractivity contribution in [3.8, 4) is 0 Å². The van der Waals surface area contributed by atoms with E-state index >= 15 is 0 Å². The SMILES string of the molecule is CC1CN(S(=O)(=O)c2cc(C(=O)Nc3cc(F)c(F)c(F)c3)c3nc[nH]c3c2)CCC1O.O=C(Nc1cc(F)c(F)c(F)c1)c1cc(S(=O)(=O)N2CC(O)C(F)C2)cc2cc[nH]c12.O=C(Nc1cc(F)c(F)c(F)c1)c1cc(S(=O)(=O)N2CC(O)C2)cc2cc[nH]c12. The number of amides is 3. The van der Waals surface area contributed by atoms with Gasteiger partial charge in [0.15, 0.2) is 52.4 Å². The number of piperidine rings is 1. The van der Waals surface area contributed by atoms with E-state index in [1.165, 1.54) is 47.3 Å². The van der Waals surface area contributed by atoms with Crippen molar-refractivity contribution in [3.63, 3.8) is 0 Å². The third-order valence-electron chi connectivity index (χ3n) is 15.0. The summed E-state index contributed by atoms with van der Waals surface area (Å²) in [7, 11) is -12.2. The zero-order valence-electron chi connectivity index (χ0n) is 47.0. The number of hydrogen-bond acceptors (Lipinski definition) is 13. The number of H-pyrrole nitrogens is 3. The first-order chi connectivity index (χ1) is 43.3.